The molecule has 1 rings (SSSR count). The number of hydrogen-bond acceptors (Lipinski definition) is 0. The Bertz CT molecular complexity index is 88.6. The van der Waals surface area contributed by atoms with Crippen LogP contribution in [-0.4, -0.2) is 0 Å². The highest BCUT2D eigenvalue weighted by Crippen LogP contribution is 2.35. The van der Waals surface area contributed by atoms with Gasteiger partial charge in [-0.1, -0.05) is 79.1 Å². The summed E-state index contributed by atoms with van der Waals surface area (Å²) in [4.78, 5) is 0. The van der Waals surface area contributed by atoms with Crippen LogP contribution in [-0.2, 0) is 0 Å². The molecule has 2 atom stereocenters. The van der Waals surface area contributed by atoms with Crippen LogP contribution in [0.4, 0.5) is 0 Å². The predicted octanol–water partition coefficient (Wildman–Crippen LogP) is 5.42. The lowest BCUT2D eigenvalue weighted by atomic mass is 9.75. The predicted molar refractivity (Wildman–Crippen MR) is 66.6 cm³/mol. The molecule has 0 amide bonds. The molecule has 0 nitrogen and oxygen atoms in total. The Labute approximate surface area is 91.5 Å². The Balaban J connectivity index is 0.000000791. The zero-order chi connectivity index (χ0) is 10.8. The summed E-state index contributed by atoms with van der Waals surface area (Å²) in [5.41, 5.74) is 0. The Kier molecular flexibility index (Phi) is 9.55. The van der Waals surface area contributed by atoms with Crippen molar-refractivity contribution >= 4 is 0 Å². The highest BCUT2D eigenvalue weighted by molar-refractivity contribution is 4.74. The summed E-state index contributed by atoms with van der Waals surface area (Å²) in [6, 6.07) is 0. The first-order valence-corrected chi connectivity index (χ1v) is 6.88. The van der Waals surface area contributed by atoms with Crippen LogP contribution in [0.3, 0.4) is 0 Å². The van der Waals surface area contributed by atoms with E-state index in [1.165, 1.54) is 51.4 Å². The van der Waals surface area contributed by atoms with Crippen molar-refractivity contribution in [1.29, 1.82) is 0 Å². The van der Waals surface area contributed by atoms with E-state index in [2.05, 4.69) is 13.8 Å². The van der Waals surface area contributed by atoms with Gasteiger partial charge in [0.05, 0.1) is 0 Å². The smallest absolute Gasteiger partial charge is 0.0386 e. The van der Waals surface area contributed by atoms with Crippen LogP contribution in [0.2, 0.25) is 0 Å². The fourth-order valence-electron chi connectivity index (χ4n) is 2.79. The lowest BCUT2D eigenvalue weighted by Crippen LogP contribution is -2.19. The molecule has 14 heavy (non-hydrogen) atoms. The van der Waals surface area contributed by atoms with Gasteiger partial charge in [0.1, 0.15) is 0 Å². The third-order valence-corrected chi connectivity index (χ3v) is 3.39. The minimum absolute atomic E-state index is 1.09. The molecule has 0 bridgehead atoms. The van der Waals surface area contributed by atoms with Gasteiger partial charge in [-0.25, -0.2) is 0 Å². The molecule has 0 aromatic carbocycles. The summed E-state index contributed by atoms with van der Waals surface area (Å²) in [6.07, 6.45) is 11.8. The van der Waals surface area contributed by atoms with Crippen molar-refractivity contribution in [3.63, 3.8) is 0 Å². The summed E-state index contributed by atoms with van der Waals surface area (Å²) in [7, 11) is 0. The monoisotopic (exact) mass is 198 g/mol. The van der Waals surface area contributed by atoms with E-state index in [1.807, 2.05) is 13.8 Å². The SMILES string of the molecule is CC.CCCC1CCCC[C@@H]1CCC. The molecule has 1 aliphatic rings. The first-order valence-electron chi connectivity index (χ1n) is 6.88. The molecule has 86 valence electrons. The number of hydrogen-bond donors (Lipinski definition) is 0. The molecule has 0 spiro atoms. The molecular weight excluding hydrogens is 168 g/mol. The molecule has 1 saturated carbocycles. The van der Waals surface area contributed by atoms with Crippen molar-refractivity contribution in [1.82, 2.24) is 0 Å². The van der Waals surface area contributed by atoms with Crippen LogP contribution in [0.25, 0.3) is 0 Å². The van der Waals surface area contributed by atoms with Gasteiger partial charge < -0.3 is 0 Å². The van der Waals surface area contributed by atoms with Gasteiger partial charge in [0.15, 0.2) is 0 Å². The molecule has 0 saturated heterocycles. The van der Waals surface area contributed by atoms with Crippen LogP contribution in [0.5, 0.6) is 0 Å². The lowest BCUT2D eigenvalue weighted by Gasteiger charge is -2.31. The molecule has 0 N–H and O–H groups in total. The van der Waals surface area contributed by atoms with Crippen LogP contribution in [0.1, 0.15) is 79.1 Å². The molecule has 1 aliphatic carbocycles. The maximum atomic E-state index is 2.33. The van der Waals surface area contributed by atoms with Gasteiger partial charge in [-0.15, -0.1) is 0 Å². The number of rotatable bonds is 4. The van der Waals surface area contributed by atoms with Crippen molar-refractivity contribution in [2.45, 2.75) is 79.1 Å². The van der Waals surface area contributed by atoms with E-state index in [0.29, 0.717) is 0 Å². The third-order valence-electron chi connectivity index (χ3n) is 3.39. The van der Waals surface area contributed by atoms with E-state index in [0.717, 1.165) is 11.8 Å². The van der Waals surface area contributed by atoms with E-state index >= 15 is 0 Å². The molecule has 0 aromatic heterocycles. The van der Waals surface area contributed by atoms with Crippen molar-refractivity contribution in [2.75, 3.05) is 0 Å². The average molecular weight is 198 g/mol. The Morgan fingerprint density at radius 3 is 1.43 bits per heavy atom. The van der Waals surface area contributed by atoms with Gasteiger partial charge in [0.25, 0.3) is 0 Å². The zero-order valence-electron chi connectivity index (χ0n) is 10.8. The summed E-state index contributed by atoms with van der Waals surface area (Å²) < 4.78 is 0. The van der Waals surface area contributed by atoms with Gasteiger partial charge >= 0.3 is 0 Å². The topological polar surface area (TPSA) is 0 Å². The molecule has 0 radical (unpaired) electrons. The van der Waals surface area contributed by atoms with Crippen LogP contribution >= 0.6 is 0 Å². The van der Waals surface area contributed by atoms with Gasteiger partial charge in [0, 0.05) is 0 Å². The highest BCUT2D eigenvalue weighted by Gasteiger charge is 2.22. The van der Waals surface area contributed by atoms with Crippen LogP contribution in [0, 0.1) is 11.8 Å². The Morgan fingerprint density at radius 2 is 1.14 bits per heavy atom. The molecule has 1 fully saturated rings. The largest absolute Gasteiger partial charge is 0.0683 e. The molecule has 0 heteroatoms. The summed E-state index contributed by atoms with van der Waals surface area (Å²) in [6.45, 7) is 8.66. The first kappa shape index (κ1) is 14.0. The maximum Gasteiger partial charge on any atom is -0.0386 e. The average Bonchev–Trinajstić information content (AvgIpc) is 2.25. The van der Waals surface area contributed by atoms with Crippen LogP contribution in [0.15, 0.2) is 0 Å². The second-order valence-electron chi connectivity index (χ2n) is 4.38. The van der Waals surface area contributed by atoms with Crippen molar-refractivity contribution < 1.29 is 0 Å². The summed E-state index contributed by atoms with van der Waals surface area (Å²) >= 11 is 0. The molecule has 0 aliphatic heterocycles. The van der Waals surface area contributed by atoms with Crippen molar-refractivity contribution in [2.24, 2.45) is 11.8 Å². The van der Waals surface area contributed by atoms with E-state index < -0.39 is 0 Å². The Hall–Kier alpha value is 0. The lowest BCUT2D eigenvalue weighted by molar-refractivity contribution is 0.209. The quantitative estimate of drug-likeness (QED) is 0.566. The maximum absolute atomic E-state index is 2.33. The van der Waals surface area contributed by atoms with Gasteiger partial charge in [-0.3, -0.25) is 0 Å². The third kappa shape index (κ3) is 5.02. The van der Waals surface area contributed by atoms with E-state index in [9.17, 15) is 0 Å². The second-order valence-corrected chi connectivity index (χ2v) is 4.38. The van der Waals surface area contributed by atoms with Gasteiger partial charge in [0.2, 0.25) is 0 Å². The summed E-state index contributed by atoms with van der Waals surface area (Å²) in [5, 5.41) is 0. The normalized spacial score (nSPS) is 26.6. The zero-order valence-corrected chi connectivity index (χ0v) is 10.8. The van der Waals surface area contributed by atoms with E-state index in [4.69, 9.17) is 0 Å². The van der Waals surface area contributed by atoms with E-state index in [1.54, 1.807) is 0 Å². The molecule has 1 unspecified atom stereocenters. The second kappa shape index (κ2) is 9.55. The van der Waals surface area contributed by atoms with E-state index in [-0.39, 0.29) is 0 Å². The highest BCUT2D eigenvalue weighted by atomic mass is 14.3. The molecule has 0 aromatic rings. The van der Waals surface area contributed by atoms with Crippen LogP contribution < -0.4 is 0 Å². The minimum atomic E-state index is 1.09. The molecular formula is C14H30. The fraction of sp³-hybridized carbons (Fsp3) is 1.00. The Morgan fingerprint density at radius 1 is 0.786 bits per heavy atom. The fourth-order valence-corrected chi connectivity index (χ4v) is 2.79. The summed E-state index contributed by atoms with van der Waals surface area (Å²) in [5.74, 6) is 2.17. The van der Waals surface area contributed by atoms with Crippen molar-refractivity contribution in [3.8, 4) is 0 Å². The molecule has 0 heterocycles. The van der Waals surface area contributed by atoms with Gasteiger partial charge in [-0.05, 0) is 11.8 Å². The van der Waals surface area contributed by atoms with Crippen molar-refractivity contribution in [3.05, 3.63) is 0 Å². The minimum Gasteiger partial charge on any atom is -0.0683 e. The first-order chi connectivity index (χ1) is 6.88. The standard InChI is InChI=1S/C12H24.C2H6/c1-3-7-11-9-5-6-10-12(11)8-4-2;1-2/h11-12H,3-10H2,1-2H3;1-2H3/t11-,12?;/m0./s1. The van der Waals surface area contributed by atoms with Gasteiger partial charge in [-0.2, -0.15) is 0 Å².